The summed E-state index contributed by atoms with van der Waals surface area (Å²) in [5, 5.41) is 1.88. The molecule has 7 nitrogen and oxygen atoms in total. The first-order chi connectivity index (χ1) is 13.4. The number of fused-ring (bicyclic) bond motifs is 5. The second kappa shape index (κ2) is 7.37. The van der Waals surface area contributed by atoms with Crippen molar-refractivity contribution in [2.45, 2.75) is 17.2 Å². The largest absolute Gasteiger partial charge is 0.454 e. The lowest BCUT2D eigenvalue weighted by Crippen LogP contribution is -2.38. The second-order valence-electron chi connectivity index (χ2n) is 7.34. The molecule has 1 aliphatic heterocycles. The van der Waals surface area contributed by atoms with Gasteiger partial charge in [0.15, 0.2) is 6.61 Å². The molecule has 1 saturated heterocycles. The summed E-state index contributed by atoms with van der Waals surface area (Å²) in [6.07, 6.45) is 0.660. The third-order valence-corrected chi connectivity index (χ3v) is 7.11. The van der Waals surface area contributed by atoms with Crippen molar-refractivity contribution in [2.24, 2.45) is 23.7 Å². The van der Waals surface area contributed by atoms with Crippen molar-refractivity contribution in [3.05, 3.63) is 30.3 Å². The van der Waals surface area contributed by atoms with Crippen LogP contribution in [0.4, 0.5) is 5.69 Å². The number of likely N-dealkylation sites (tertiary alicyclic amines) is 1. The number of ether oxygens (including phenoxy) is 1. The zero-order chi connectivity index (χ0) is 20.0. The van der Waals surface area contributed by atoms with Crippen LogP contribution in [-0.4, -0.2) is 52.5 Å². The van der Waals surface area contributed by atoms with E-state index in [-0.39, 0.29) is 22.6 Å². The average Bonchev–Trinajstić information content (AvgIpc) is 3.28. The predicted octanol–water partition coefficient (Wildman–Crippen LogP) is 1.63. The number of halogens is 2. The highest BCUT2D eigenvalue weighted by molar-refractivity contribution is 6.31. The Bertz CT molecular complexity index is 801. The normalized spacial score (nSPS) is 33.1. The van der Waals surface area contributed by atoms with Crippen LogP contribution in [-0.2, 0) is 23.9 Å². The van der Waals surface area contributed by atoms with Gasteiger partial charge in [0.05, 0.1) is 22.6 Å². The van der Waals surface area contributed by atoms with Gasteiger partial charge in [0, 0.05) is 5.69 Å². The summed E-state index contributed by atoms with van der Waals surface area (Å²) in [4.78, 5) is 50.2. The van der Waals surface area contributed by atoms with E-state index in [1.807, 2.05) is 0 Å². The fraction of sp³-hybridized carbons (Fsp3) is 0.474. The van der Waals surface area contributed by atoms with Gasteiger partial charge in [-0.3, -0.25) is 24.1 Å². The van der Waals surface area contributed by atoms with Crippen molar-refractivity contribution in [3.8, 4) is 0 Å². The molecule has 2 aliphatic carbocycles. The van der Waals surface area contributed by atoms with Crippen LogP contribution in [0.2, 0.25) is 0 Å². The minimum atomic E-state index is -0.818. The first kappa shape index (κ1) is 19.2. The fourth-order valence-electron chi connectivity index (χ4n) is 4.61. The summed E-state index contributed by atoms with van der Waals surface area (Å²) in [5.41, 5.74) is 0.572. The number of amides is 3. The van der Waals surface area contributed by atoms with Gasteiger partial charge < -0.3 is 10.1 Å². The molecule has 2 bridgehead atoms. The van der Waals surface area contributed by atoms with Gasteiger partial charge in [0.1, 0.15) is 6.54 Å². The van der Waals surface area contributed by atoms with Gasteiger partial charge in [-0.2, -0.15) is 0 Å². The van der Waals surface area contributed by atoms with Gasteiger partial charge in [-0.1, -0.05) is 18.2 Å². The van der Waals surface area contributed by atoms with E-state index in [0.717, 1.165) is 4.90 Å². The van der Waals surface area contributed by atoms with Crippen LogP contribution in [0, 0.1) is 23.7 Å². The van der Waals surface area contributed by atoms with Crippen molar-refractivity contribution in [2.75, 3.05) is 18.5 Å². The van der Waals surface area contributed by atoms with Gasteiger partial charge in [-0.05, 0) is 30.4 Å². The summed E-state index contributed by atoms with van der Waals surface area (Å²) >= 11 is 12.6. The van der Waals surface area contributed by atoms with Crippen molar-refractivity contribution in [1.82, 2.24) is 4.90 Å². The number of esters is 1. The molecule has 0 unspecified atom stereocenters. The Morgan fingerprint density at radius 1 is 1.04 bits per heavy atom. The molecule has 1 aromatic carbocycles. The fourth-order valence-corrected chi connectivity index (χ4v) is 5.50. The number of nitrogens with zero attached hydrogens (tertiary/aromatic N) is 1. The molecule has 3 amide bonds. The molecule has 9 heteroatoms. The molecule has 1 N–H and O–H groups in total. The number of benzene rings is 1. The number of imide groups is 1. The quantitative estimate of drug-likeness (QED) is 0.440. The third kappa shape index (κ3) is 3.16. The standard InChI is InChI=1S/C19H18Cl2N2O5/c20-16-10-6-11(17(16)21)15-14(10)18(26)23(19(15)27)7-13(25)28-8-12(24)22-9-4-2-1-3-5-9/h1-5,10-11,14-17H,6-8H2,(H,22,24)/t10-,11-,14-,15-,16-,17+/m1/s1. The molecule has 4 rings (SSSR count). The van der Waals surface area contributed by atoms with E-state index >= 15 is 0 Å². The Morgan fingerprint density at radius 3 is 2.18 bits per heavy atom. The van der Waals surface area contributed by atoms with E-state index < -0.39 is 48.7 Å². The number of nitrogens with one attached hydrogen (secondary N) is 1. The van der Waals surface area contributed by atoms with Crippen LogP contribution >= 0.6 is 23.2 Å². The lowest BCUT2D eigenvalue weighted by Gasteiger charge is -2.28. The molecule has 2 saturated carbocycles. The summed E-state index contributed by atoms with van der Waals surface area (Å²) < 4.78 is 4.92. The number of carbonyl (C=O) groups excluding carboxylic acids is 4. The number of alkyl halides is 2. The monoisotopic (exact) mass is 424 g/mol. The zero-order valence-corrected chi connectivity index (χ0v) is 16.2. The summed E-state index contributed by atoms with van der Waals surface area (Å²) in [6, 6.07) is 8.71. The summed E-state index contributed by atoms with van der Waals surface area (Å²) in [7, 11) is 0. The molecular formula is C19H18Cl2N2O5. The van der Waals surface area contributed by atoms with Crippen LogP contribution in [0.15, 0.2) is 30.3 Å². The van der Waals surface area contributed by atoms with Gasteiger partial charge in [-0.25, -0.2) is 0 Å². The first-order valence-corrected chi connectivity index (χ1v) is 9.89. The maximum atomic E-state index is 12.7. The van der Waals surface area contributed by atoms with Crippen LogP contribution < -0.4 is 5.32 Å². The van der Waals surface area contributed by atoms with E-state index in [1.54, 1.807) is 30.3 Å². The van der Waals surface area contributed by atoms with Gasteiger partial charge in [0.2, 0.25) is 11.8 Å². The van der Waals surface area contributed by atoms with E-state index in [1.165, 1.54) is 0 Å². The van der Waals surface area contributed by atoms with Gasteiger partial charge in [0.25, 0.3) is 5.91 Å². The van der Waals surface area contributed by atoms with E-state index in [4.69, 9.17) is 27.9 Å². The first-order valence-electron chi connectivity index (χ1n) is 9.02. The molecule has 6 atom stereocenters. The molecule has 148 valence electrons. The highest BCUT2D eigenvalue weighted by Crippen LogP contribution is 2.59. The molecule has 28 heavy (non-hydrogen) atoms. The van der Waals surface area contributed by atoms with Crippen LogP contribution in [0.5, 0.6) is 0 Å². The summed E-state index contributed by atoms with van der Waals surface area (Å²) in [6.45, 7) is -1.02. The number of anilines is 1. The second-order valence-corrected chi connectivity index (χ2v) is 8.35. The van der Waals surface area contributed by atoms with Gasteiger partial charge >= 0.3 is 5.97 Å². The molecule has 3 fully saturated rings. The minimum Gasteiger partial charge on any atom is -0.454 e. The van der Waals surface area contributed by atoms with Crippen molar-refractivity contribution in [1.29, 1.82) is 0 Å². The Hall–Kier alpha value is -2.12. The molecule has 0 spiro atoms. The van der Waals surface area contributed by atoms with Crippen LogP contribution in [0.1, 0.15) is 6.42 Å². The predicted molar refractivity (Wildman–Crippen MR) is 101 cm³/mol. The summed E-state index contributed by atoms with van der Waals surface area (Å²) in [5.74, 6) is -3.44. The number of carbonyl (C=O) groups is 4. The van der Waals surface area contributed by atoms with Crippen molar-refractivity contribution >= 4 is 52.6 Å². The Balaban J connectivity index is 1.32. The Kier molecular flexibility index (Phi) is 5.05. The maximum absolute atomic E-state index is 12.7. The maximum Gasteiger partial charge on any atom is 0.326 e. The van der Waals surface area contributed by atoms with E-state index in [9.17, 15) is 19.2 Å². The molecule has 1 heterocycles. The highest BCUT2D eigenvalue weighted by atomic mass is 35.5. The number of hydrogen-bond acceptors (Lipinski definition) is 5. The van der Waals surface area contributed by atoms with E-state index in [0.29, 0.717) is 12.1 Å². The van der Waals surface area contributed by atoms with Crippen molar-refractivity contribution in [3.63, 3.8) is 0 Å². The van der Waals surface area contributed by atoms with Crippen molar-refractivity contribution < 1.29 is 23.9 Å². The van der Waals surface area contributed by atoms with Gasteiger partial charge in [-0.15, -0.1) is 23.2 Å². The molecule has 3 aliphatic rings. The highest BCUT2D eigenvalue weighted by Gasteiger charge is 2.66. The number of rotatable bonds is 5. The molecule has 0 aromatic heterocycles. The number of para-hydroxylation sites is 1. The lowest BCUT2D eigenvalue weighted by molar-refractivity contribution is -0.154. The van der Waals surface area contributed by atoms with Crippen LogP contribution in [0.25, 0.3) is 0 Å². The smallest absolute Gasteiger partial charge is 0.326 e. The molecular weight excluding hydrogens is 407 g/mol. The molecule has 0 radical (unpaired) electrons. The topological polar surface area (TPSA) is 92.8 Å². The third-order valence-electron chi connectivity index (χ3n) is 5.79. The number of hydrogen-bond donors (Lipinski definition) is 1. The van der Waals surface area contributed by atoms with E-state index in [2.05, 4.69) is 5.32 Å². The SMILES string of the molecule is O=C(COC(=O)CN1C(=O)[C@@H]2[C@H]3C[C@@H]([C@@H](Cl)[C@H]3Cl)[C@H]2C1=O)Nc1ccccc1. The van der Waals surface area contributed by atoms with Crippen LogP contribution in [0.3, 0.4) is 0 Å². The Morgan fingerprint density at radius 2 is 1.61 bits per heavy atom. The molecule has 1 aromatic rings. The Labute approximate surface area is 171 Å². The zero-order valence-electron chi connectivity index (χ0n) is 14.7. The lowest BCUT2D eigenvalue weighted by atomic mass is 9.80. The minimum absolute atomic E-state index is 0.145. The average molecular weight is 425 g/mol.